The van der Waals surface area contributed by atoms with Crippen molar-refractivity contribution in [2.24, 2.45) is 5.92 Å². The highest BCUT2D eigenvalue weighted by Gasteiger charge is 2.08. The predicted octanol–water partition coefficient (Wildman–Crippen LogP) is 2.75. The smallest absolute Gasteiger partial charge is 0.128 e. The molecule has 1 atom stereocenters. The topological polar surface area (TPSA) is 39.9 Å². The molecule has 0 amide bonds. The van der Waals surface area contributed by atoms with Gasteiger partial charge < -0.3 is 4.90 Å². The molecule has 0 saturated heterocycles. The summed E-state index contributed by atoms with van der Waals surface area (Å²) in [7, 11) is 1.95. The van der Waals surface area contributed by atoms with Crippen LogP contribution in [-0.4, -0.2) is 18.6 Å². The molecule has 1 aromatic heterocycles. The van der Waals surface area contributed by atoms with Crippen molar-refractivity contribution in [3.63, 3.8) is 0 Å². The Morgan fingerprint density at radius 1 is 1.60 bits per heavy atom. The van der Waals surface area contributed by atoms with E-state index in [-0.39, 0.29) is 5.92 Å². The van der Waals surface area contributed by atoms with Crippen LogP contribution in [-0.2, 0) is 0 Å². The van der Waals surface area contributed by atoms with Gasteiger partial charge in [-0.2, -0.15) is 5.26 Å². The van der Waals surface area contributed by atoms with E-state index in [0.29, 0.717) is 6.54 Å². The SMILES string of the molecule is Cc1nc(N(C)CC(C)C#N)ccc1Br. The number of aryl methyl sites for hydroxylation is 1. The Kier molecular flexibility index (Phi) is 4.10. The molecule has 1 heterocycles. The normalized spacial score (nSPS) is 11.9. The van der Waals surface area contributed by atoms with Crippen LogP contribution in [0.4, 0.5) is 5.82 Å². The summed E-state index contributed by atoms with van der Waals surface area (Å²) >= 11 is 3.41. The fourth-order valence-electron chi connectivity index (χ4n) is 1.29. The molecule has 80 valence electrons. The molecular formula is C11H14BrN3. The van der Waals surface area contributed by atoms with E-state index in [2.05, 4.69) is 27.0 Å². The largest absolute Gasteiger partial charge is 0.358 e. The zero-order valence-electron chi connectivity index (χ0n) is 9.16. The van der Waals surface area contributed by atoms with E-state index >= 15 is 0 Å². The Bertz CT molecular complexity index is 384. The highest BCUT2D eigenvalue weighted by molar-refractivity contribution is 9.10. The summed E-state index contributed by atoms with van der Waals surface area (Å²) in [6.45, 7) is 4.56. The maximum atomic E-state index is 8.72. The van der Waals surface area contributed by atoms with Gasteiger partial charge in [-0.1, -0.05) is 0 Å². The average molecular weight is 268 g/mol. The molecule has 0 N–H and O–H groups in total. The molecule has 1 rings (SSSR count). The Hall–Kier alpha value is -1.08. The standard InChI is InChI=1S/C11H14BrN3/c1-8(6-13)7-15(3)11-5-4-10(12)9(2)14-11/h4-5,8H,7H2,1-3H3. The first kappa shape index (κ1) is 12.0. The first-order valence-corrected chi connectivity index (χ1v) is 5.57. The third kappa shape index (κ3) is 3.21. The first-order chi connectivity index (χ1) is 7.04. The molecular weight excluding hydrogens is 254 g/mol. The monoisotopic (exact) mass is 267 g/mol. The van der Waals surface area contributed by atoms with Crippen molar-refractivity contribution >= 4 is 21.7 Å². The van der Waals surface area contributed by atoms with E-state index in [0.717, 1.165) is 16.0 Å². The van der Waals surface area contributed by atoms with E-state index in [1.165, 1.54) is 0 Å². The van der Waals surface area contributed by atoms with Crippen LogP contribution >= 0.6 is 15.9 Å². The lowest BCUT2D eigenvalue weighted by molar-refractivity contribution is 0.709. The lowest BCUT2D eigenvalue weighted by Gasteiger charge is -2.19. The second-order valence-electron chi connectivity index (χ2n) is 3.65. The minimum atomic E-state index is 0.0146. The number of anilines is 1. The van der Waals surface area contributed by atoms with E-state index in [1.807, 2.05) is 37.9 Å². The van der Waals surface area contributed by atoms with Crippen LogP contribution < -0.4 is 4.90 Å². The van der Waals surface area contributed by atoms with Gasteiger partial charge in [-0.05, 0) is 41.9 Å². The van der Waals surface area contributed by atoms with Crippen molar-refractivity contribution in [1.82, 2.24) is 4.98 Å². The fourth-order valence-corrected chi connectivity index (χ4v) is 1.51. The summed E-state index contributed by atoms with van der Waals surface area (Å²) in [4.78, 5) is 6.42. The van der Waals surface area contributed by atoms with Crippen molar-refractivity contribution in [1.29, 1.82) is 5.26 Å². The maximum Gasteiger partial charge on any atom is 0.128 e. The number of hydrogen-bond donors (Lipinski definition) is 0. The van der Waals surface area contributed by atoms with Gasteiger partial charge in [0.1, 0.15) is 5.82 Å². The zero-order chi connectivity index (χ0) is 11.4. The minimum absolute atomic E-state index is 0.0146. The van der Waals surface area contributed by atoms with E-state index in [1.54, 1.807) is 0 Å². The van der Waals surface area contributed by atoms with Gasteiger partial charge >= 0.3 is 0 Å². The van der Waals surface area contributed by atoms with Crippen LogP contribution in [0.1, 0.15) is 12.6 Å². The fraction of sp³-hybridized carbons (Fsp3) is 0.455. The van der Waals surface area contributed by atoms with Crippen molar-refractivity contribution < 1.29 is 0 Å². The van der Waals surface area contributed by atoms with Gasteiger partial charge in [0, 0.05) is 18.1 Å². The molecule has 1 unspecified atom stereocenters. The van der Waals surface area contributed by atoms with Crippen LogP contribution in [0.5, 0.6) is 0 Å². The maximum absolute atomic E-state index is 8.72. The van der Waals surface area contributed by atoms with Gasteiger partial charge in [-0.25, -0.2) is 4.98 Å². The molecule has 0 aliphatic rings. The number of aromatic nitrogens is 1. The van der Waals surface area contributed by atoms with Crippen molar-refractivity contribution in [2.45, 2.75) is 13.8 Å². The lowest BCUT2D eigenvalue weighted by Crippen LogP contribution is -2.24. The number of hydrogen-bond acceptors (Lipinski definition) is 3. The Labute approximate surface area is 98.9 Å². The Morgan fingerprint density at radius 3 is 2.80 bits per heavy atom. The van der Waals surface area contributed by atoms with Crippen LogP contribution in [0, 0.1) is 24.2 Å². The summed E-state index contributed by atoms with van der Waals surface area (Å²) < 4.78 is 1.01. The zero-order valence-corrected chi connectivity index (χ0v) is 10.7. The first-order valence-electron chi connectivity index (χ1n) is 4.78. The van der Waals surface area contributed by atoms with Gasteiger partial charge in [0.25, 0.3) is 0 Å². The van der Waals surface area contributed by atoms with Crippen LogP contribution in [0.2, 0.25) is 0 Å². The second-order valence-corrected chi connectivity index (χ2v) is 4.50. The van der Waals surface area contributed by atoms with E-state index in [4.69, 9.17) is 5.26 Å². The van der Waals surface area contributed by atoms with Crippen molar-refractivity contribution in [3.8, 4) is 6.07 Å². The predicted molar refractivity (Wildman–Crippen MR) is 64.7 cm³/mol. The molecule has 3 nitrogen and oxygen atoms in total. The molecule has 4 heteroatoms. The van der Waals surface area contributed by atoms with Gasteiger partial charge in [-0.15, -0.1) is 0 Å². The van der Waals surface area contributed by atoms with Gasteiger partial charge in [0.2, 0.25) is 0 Å². The number of nitrogens with zero attached hydrogens (tertiary/aromatic N) is 3. The van der Waals surface area contributed by atoms with Crippen LogP contribution in [0.15, 0.2) is 16.6 Å². The summed E-state index contributed by atoms with van der Waals surface area (Å²) in [5.74, 6) is 0.915. The molecule has 0 aliphatic carbocycles. The van der Waals surface area contributed by atoms with Crippen molar-refractivity contribution in [2.75, 3.05) is 18.5 Å². The molecule has 0 aliphatic heterocycles. The Morgan fingerprint density at radius 2 is 2.27 bits per heavy atom. The van der Waals surface area contributed by atoms with Crippen LogP contribution in [0.25, 0.3) is 0 Å². The molecule has 0 spiro atoms. The summed E-state index contributed by atoms with van der Waals surface area (Å²) in [6.07, 6.45) is 0. The quantitative estimate of drug-likeness (QED) is 0.846. The van der Waals surface area contributed by atoms with Gasteiger partial charge in [0.05, 0.1) is 17.7 Å². The van der Waals surface area contributed by atoms with Gasteiger partial charge in [-0.3, -0.25) is 0 Å². The number of nitriles is 1. The molecule has 0 fully saturated rings. The molecule has 0 saturated carbocycles. The molecule has 0 aromatic carbocycles. The van der Waals surface area contributed by atoms with E-state index < -0.39 is 0 Å². The highest BCUT2D eigenvalue weighted by Crippen LogP contribution is 2.18. The molecule has 0 bridgehead atoms. The summed E-state index contributed by atoms with van der Waals surface area (Å²) in [5, 5.41) is 8.72. The number of rotatable bonds is 3. The average Bonchev–Trinajstić information content (AvgIpc) is 2.21. The number of halogens is 1. The van der Waals surface area contributed by atoms with Crippen LogP contribution in [0.3, 0.4) is 0 Å². The molecule has 15 heavy (non-hydrogen) atoms. The molecule has 1 aromatic rings. The third-order valence-electron chi connectivity index (χ3n) is 2.17. The summed E-state index contributed by atoms with van der Waals surface area (Å²) in [5.41, 5.74) is 0.962. The minimum Gasteiger partial charge on any atom is -0.358 e. The van der Waals surface area contributed by atoms with Gasteiger partial charge in [0.15, 0.2) is 0 Å². The second kappa shape index (κ2) is 5.13. The molecule has 0 radical (unpaired) electrons. The lowest BCUT2D eigenvalue weighted by atomic mass is 10.2. The highest BCUT2D eigenvalue weighted by atomic mass is 79.9. The van der Waals surface area contributed by atoms with Crippen molar-refractivity contribution in [3.05, 3.63) is 22.3 Å². The summed E-state index contributed by atoms with van der Waals surface area (Å²) in [6, 6.07) is 6.14. The van der Waals surface area contributed by atoms with E-state index in [9.17, 15) is 0 Å². The number of pyridine rings is 1. The Balaban J connectivity index is 2.79. The third-order valence-corrected chi connectivity index (χ3v) is 3.00.